The van der Waals surface area contributed by atoms with Crippen LogP contribution in [0, 0.1) is 6.92 Å². The second-order valence-corrected chi connectivity index (χ2v) is 8.45. The molecule has 1 aliphatic heterocycles. The molecule has 0 bridgehead atoms. The number of aryl methyl sites for hydroxylation is 1. The third-order valence-corrected chi connectivity index (χ3v) is 5.11. The minimum atomic E-state index is -3.34. The fraction of sp³-hybridized carbons (Fsp3) is 0.462. The summed E-state index contributed by atoms with van der Waals surface area (Å²) in [5.41, 5.74) is 1.85. The van der Waals surface area contributed by atoms with Gasteiger partial charge in [-0.05, 0) is 6.92 Å². The van der Waals surface area contributed by atoms with Crippen molar-refractivity contribution in [2.24, 2.45) is 0 Å². The molecular weight excluding hydrogens is 308 g/mol. The molecule has 0 fully saturated rings. The van der Waals surface area contributed by atoms with Crippen molar-refractivity contribution in [3.63, 3.8) is 0 Å². The zero-order valence-electron chi connectivity index (χ0n) is 11.9. The van der Waals surface area contributed by atoms with E-state index in [9.17, 15) is 8.42 Å². The maximum absolute atomic E-state index is 11.5. The van der Waals surface area contributed by atoms with Gasteiger partial charge in [-0.15, -0.1) is 11.3 Å². The van der Waals surface area contributed by atoms with E-state index in [1.54, 1.807) is 17.5 Å². The lowest BCUT2D eigenvalue weighted by Gasteiger charge is -2.27. The Morgan fingerprint density at radius 2 is 2.14 bits per heavy atom. The molecule has 0 aromatic carbocycles. The van der Waals surface area contributed by atoms with E-state index in [1.165, 1.54) is 4.88 Å². The predicted molar refractivity (Wildman–Crippen MR) is 79.8 cm³/mol. The molecule has 0 atom stereocenters. The summed E-state index contributed by atoms with van der Waals surface area (Å²) in [5.74, 6) is 0. The molecule has 1 aliphatic rings. The van der Waals surface area contributed by atoms with Crippen LogP contribution in [0.15, 0.2) is 17.6 Å². The summed E-state index contributed by atoms with van der Waals surface area (Å²) in [4.78, 5) is 16.0. The van der Waals surface area contributed by atoms with Crippen molar-refractivity contribution in [1.82, 2.24) is 19.9 Å². The van der Waals surface area contributed by atoms with Crippen molar-refractivity contribution in [2.45, 2.75) is 31.6 Å². The first-order chi connectivity index (χ1) is 9.91. The third-order valence-electron chi connectivity index (χ3n) is 3.35. The maximum atomic E-state index is 11.5. The van der Waals surface area contributed by atoms with Crippen molar-refractivity contribution in [3.05, 3.63) is 33.5 Å². The lowest BCUT2D eigenvalue weighted by molar-refractivity contribution is 0.241. The minimum Gasteiger partial charge on any atom is -0.292 e. The van der Waals surface area contributed by atoms with Crippen molar-refractivity contribution in [2.75, 3.05) is 12.8 Å². The first-order valence-electron chi connectivity index (χ1n) is 6.60. The summed E-state index contributed by atoms with van der Waals surface area (Å²) in [6.45, 7) is 4.45. The van der Waals surface area contributed by atoms with Crippen molar-refractivity contribution >= 4 is 21.2 Å². The number of rotatable bonds is 3. The van der Waals surface area contributed by atoms with E-state index < -0.39 is 9.84 Å². The predicted octanol–water partition coefficient (Wildman–Crippen LogP) is 1.20. The summed E-state index contributed by atoms with van der Waals surface area (Å²) >= 11 is 1.71. The topological polar surface area (TPSA) is 76.1 Å². The van der Waals surface area contributed by atoms with Crippen LogP contribution in [0.1, 0.15) is 21.1 Å². The second kappa shape index (κ2) is 5.43. The van der Waals surface area contributed by atoms with E-state index in [0.717, 1.165) is 48.6 Å². The zero-order valence-corrected chi connectivity index (χ0v) is 13.5. The van der Waals surface area contributed by atoms with Gasteiger partial charge in [-0.1, -0.05) is 0 Å². The highest BCUT2D eigenvalue weighted by Gasteiger charge is 2.21. The van der Waals surface area contributed by atoms with Crippen LogP contribution in [0.4, 0.5) is 0 Å². The summed E-state index contributed by atoms with van der Waals surface area (Å²) in [5, 5.41) is 1.02. The average Bonchev–Trinajstić information content (AvgIpc) is 2.82. The van der Waals surface area contributed by atoms with Crippen LogP contribution in [-0.2, 0) is 29.3 Å². The molecule has 6 nitrogen and oxygen atoms in total. The van der Waals surface area contributed by atoms with Crippen LogP contribution < -0.4 is 0 Å². The Morgan fingerprint density at radius 1 is 1.33 bits per heavy atom. The van der Waals surface area contributed by atoms with Gasteiger partial charge in [0.15, 0.2) is 0 Å². The Bertz CT molecular complexity index is 770. The Kier molecular flexibility index (Phi) is 3.76. The van der Waals surface area contributed by atoms with Crippen LogP contribution in [-0.4, -0.2) is 41.1 Å². The summed E-state index contributed by atoms with van der Waals surface area (Å²) in [6, 6.07) is 0. The van der Waals surface area contributed by atoms with Gasteiger partial charge in [-0.2, -0.15) is 0 Å². The molecule has 0 amide bonds. The molecule has 0 saturated carbocycles. The minimum absolute atomic E-state index is 0.0785. The first-order valence-corrected chi connectivity index (χ1v) is 9.31. The number of aromatic nitrogens is 3. The largest absolute Gasteiger partial charge is 0.292 e. The van der Waals surface area contributed by atoms with Gasteiger partial charge in [-0.25, -0.2) is 23.4 Å². The van der Waals surface area contributed by atoms with Crippen LogP contribution in [0.3, 0.4) is 0 Å². The van der Waals surface area contributed by atoms with Crippen LogP contribution in [0.5, 0.6) is 0 Å². The Labute approximate surface area is 127 Å². The van der Waals surface area contributed by atoms with Gasteiger partial charge in [-0.3, -0.25) is 4.90 Å². The molecule has 0 spiro atoms. The van der Waals surface area contributed by atoms with E-state index in [0.29, 0.717) is 0 Å². The number of thiazole rings is 1. The van der Waals surface area contributed by atoms with Gasteiger partial charge < -0.3 is 0 Å². The SMILES string of the molecule is Cc1cnc(CN2CCc3nc(S(C)(=O)=O)ncc3C2)s1. The molecule has 2 aromatic rings. The molecule has 0 unspecified atom stereocenters. The van der Waals surface area contributed by atoms with Gasteiger partial charge in [0.25, 0.3) is 0 Å². The average molecular weight is 324 g/mol. The molecule has 3 heterocycles. The lowest BCUT2D eigenvalue weighted by Crippen LogP contribution is -2.31. The fourth-order valence-electron chi connectivity index (χ4n) is 2.34. The Morgan fingerprint density at radius 3 is 2.81 bits per heavy atom. The van der Waals surface area contributed by atoms with E-state index in [2.05, 4.69) is 19.9 Å². The van der Waals surface area contributed by atoms with E-state index in [1.807, 2.05) is 13.1 Å². The smallest absolute Gasteiger partial charge is 0.246 e. The van der Waals surface area contributed by atoms with Gasteiger partial charge in [0.2, 0.25) is 15.0 Å². The van der Waals surface area contributed by atoms with Crippen molar-refractivity contribution in [3.8, 4) is 0 Å². The zero-order chi connectivity index (χ0) is 15.0. The Hall–Kier alpha value is -1.38. The molecule has 21 heavy (non-hydrogen) atoms. The first kappa shape index (κ1) is 14.6. The number of hydrogen-bond acceptors (Lipinski definition) is 7. The van der Waals surface area contributed by atoms with E-state index in [-0.39, 0.29) is 5.16 Å². The molecule has 8 heteroatoms. The van der Waals surface area contributed by atoms with Gasteiger partial charge in [0, 0.05) is 48.6 Å². The molecule has 0 N–H and O–H groups in total. The highest BCUT2D eigenvalue weighted by Crippen LogP contribution is 2.21. The highest BCUT2D eigenvalue weighted by atomic mass is 32.2. The fourth-order valence-corrected chi connectivity index (χ4v) is 3.69. The maximum Gasteiger partial charge on any atom is 0.246 e. The standard InChI is InChI=1S/C13H16N4O2S2/c1-9-5-14-12(20-9)8-17-4-3-11-10(7-17)6-15-13(16-11)21(2,18)19/h5-6H,3-4,7-8H2,1-2H3. The number of sulfone groups is 1. The summed E-state index contributed by atoms with van der Waals surface area (Å²) in [7, 11) is -3.34. The van der Waals surface area contributed by atoms with E-state index >= 15 is 0 Å². The molecule has 0 radical (unpaired) electrons. The number of nitrogens with zero attached hydrogens (tertiary/aromatic N) is 4. The molecule has 0 saturated heterocycles. The lowest BCUT2D eigenvalue weighted by atomic mass is 10.1. The van der Waals surface area contributed by atoms with Crippen LogP contribution >= 0.6 is 11.3 Å². The van der Waals surface area contributed by atoms with Crippen LogP contribution in [0.2, 0.25) is 0 Å². The molecule has 0 aliphatic carbocycles. The number of hydrogen-bond donors (Lipinski definition) is 0. The summed E-state index contributed by atoms with van der Waals surface area (Å²) < 4.78 is 23.0. The normalized spacial score (nSPS) is 15.9. The van der Waals surface area contributed by atoms with Gasteiger partial charge >= 0.3 is 0 Å². The highest BCUT2D eigenvalue weighted by molar-refractivity contribution is 7.90. The second-order valence-electron chi connectivity index (χ2n) is 5.22. The summed E-state index contributed by atoms with van der Waals surface area (Å²) in [6.07, 6.45) is 5.40. The molecule has 2 aromatic heterocycles. The van der Waals surface area contributed by atoms with Crippen molar-refractivity contribution < 1.29 is 8.42 Å². The van der Waals surface area contributed by atoms with Gasteiger partial charge in [0.1, 0.15) is 5.01 Å². The van der Waals surface area contributed by atoms with Crippen LogP contribution in [0.25, 0.3) is 0 Å². The molecular formula is C13H16N4O2S2. The molecule has 112 valence electrons. The van der Waals surface area contributed by atoms with Gasteiger partial charge in [0.05, 0.1) is 12.2 Å². The number of fused-ring (bicyclic) bond motifs is 1. The quantitative estimate of drug-likeness (QED) is 0.790. The van der Waals surface area contributed by atoms with Crippen molar-refractivity contribution in [1.29, 1.82) is 0 Å². The third kappa shape index (κ3) is 3.28. The van der Waals surface area contributed by atoms with E-state index in [4.69, 9.17) is 0 Å². The Balaban J connectivity index is 1.77. The monoisotopic (exact) mass is 324 g/mol. The molecule has 3 rings (SSSR count).